The van der Waals surface area contributed by atoms with Crippen molar-refractivity contribution >= 4 is 46.4 Å². The van der Waals surface area contributed by atoms with Gasteiger partial charge in [-0.25, -0.2) is 19.7 Å². The molecule has 0 aliphatic rings. The Morgan fingerprint density at radius 1 is 1.18 bits per heavy atom. The van der Waals surface area contributed by atoms with Crippen molar-refractivity contribution in [3.8, 4) is 5.75 Å². The topological polar surface area (TPSA) is 159 Å². The van der Waals surface area contributed by atoms with E-state index in [-0.39, 0.29) is 23.2 Å². The molecule has 0 aliphatic carbocycles. The first kappa shape index (κ1) is 24.0. The van der Waals surface area contributed by atoms with Crippen LogP contribution in [0.5, 0.6) is 5.75 Å². The molecule has 0 fully saturated rings. The molecule has 1 unspecified atom stereocenters. The number of nitrogens with one attached hydrogen (secondary N) is 3. The Bertz CT molecular complexity index is 1290. The van der Waals surface area contributed by atoms with Crippen LogP contribution in [0.2, 0.25) is 0 Å². The number of rotatable bonds is 8. The van der Waals surface area contributed by atoms with E-state index in [4.69, 9.17) is 4.74 Å². The van der Waals surface area contributed by atoms with Crippen LogP contribution >= 0.6 is 11.8 Å². The molecule has 4 N–H and O–H groups in total. The Morgan fingerprint density at radius 3 is 2.52 bits per heavy atom. The highest BCUT2D eigenvalue weighted by atomic mass is 32.2. The van der Waals surface area contributed by atoms with E-state index in [2.05, 4.69) is 30.6 Å². The molecular formula is C21H24N6O5S. The molecule has 1 amide bonds. The van der Waals surface area contributed by atoms with Gasteiger partial charge in [-0.2, -0.15) is 0 Å². The summed E-state index contributed by atoms with van der Waals surface area (Å²) in [7, 11) is 1.50. The molecule has 174 valence electrons. The maximum atomic E-state index is 12.1. The number of hydrogen-bond acceptors (Lipinski definition) is 9. The number of aliphatic carboxylic acids is 1. The number of carboxylic acid groups (broad SMARTS) is 1. The van der Waals surface area contributed by atoms with Gasteiger partial charge in [0.05, 0.1) is 23.2 Å². The summed E-state index contributed by atoms with van der Waals surface area (Å²) in [4.78, 5) is 51.6. The van der Waals surface area contributed by atoms with Crippen LogP contribution in [0, 0.1) is 20.8 Å². The normalized spacial score (nSPS) is 11.8. The van der Waals surface area contributed by atoms with Crippen LogP contribution in [-0.4, -0.2) is 55.8 Å². The van der Waals surface area contributed by atoms with Crippen LogP contribution in [0.1, 0.15) is 23.9 Å². The van der Waals surface area contributed by atoms with E-state index in [1.807, 2.05) is 13.0 Å². The van der Waals surface area contributed by atoms with Crippen LogP contribution < -0.4 is 20.9 Å². The minimum Gasteiger partial charge on any atom is -0.496 e. The number of amides is 1. The molecule has 3 aromatic rings. The standard InChI is InChI=1S/C21H24N6O5S/c1-9-10(2)22-21(26-18(9)29)27-20-23-11(3)13-6-7-15(32-5)17(16(13)25-20)33-8-14(19(30)31)24-12(4)28/h6-7,14H,8H2,1-5H3,(H,24,28)(H,30,31)(H2,22,23,25,26,27,29). The first-order valence-corrected chi connectivity index (χ1v) is 10.9. The minimum atomic E-state index is -1.14. The number of fused-ring (bicyclic) bond motifs is 1. The molecule has 12 heteroatoms. The third kappa shape index (κ3) is 5.40. The number of methoxy groups -OCH3 is 1. The monoisotopic (exact) mass is 472 g/mol. The van der Waals surface area contributed by atoms with Crippen LogP contribution in [0.25, 0.3) is 10.9 Å². The zero-order valence-electron chi connectivity index (χ0n) is 18.8. The molecule has 11 nitrogen and oxygen atoms in total. The number of carbonyl (C=O) groups is 2. The summed E-state index contributed by atoms with van der Waals surface area (Å²) in [6.07, 6.45) is 0. The van der Waals surface area contributed by atoms with Gasteiger partial charge in [0.15, 0.2) is 0 Å². The van der Waals surface area contributed by atoms with E-state index in [0.29, 0.717) is 33.1 Å². The number of anilines is 2. The van der Waals surface area contributed by atoms with Crippen molar-refractivity contribution in [3.63, 3.8) is 0 Å². The number of thioether (sulfide) groups is 1. The van der Waals surface area contributed by atoms with Gasteiger partial charge in [0.25, 0.3) is 5.56 Å². The smallest absolute Gasteiger partial charge is 0.327 e. The second kappa shape index (κ2) is 9.86. The third-order valence-corrected chi connectivity index (χ3v) is 6.07. The largest absolute Gasteiger partial charge is 0.496 e. The van der Waals surface area contributed by atoms with Gasteiger partial charge >= 0.3 is 5.97 Å². The molecular weight excluding hydrogens is 448 g/mol. The first-order chi connectivity index (χ1) is 15.6. The average molecular weight is 473 g/mol. The Kier molecular flexibility index (Phi) is 7.16. The minimum absolute atomic E-state index is 0.0578. The first-order valence-electron chi connectivity index (χ1n) is 9.93. The van der Waals surface area contributed by atoms with E-state index in [1.165, 1.54) is 25.8 Å². The van der Waals surface area contributed by atoms with Crippen molar-refractivity contribution in [1.29, 1.82) is 0 Å². The lowest BCUT2D eigenvalue weighted by atomic mass is 10.2. The SMILES string of the molecule is COc1ccc2c(C)nc(Nc3nc(C)c(C)c(=O)[nH]3)nc2c1SCC(NC(C)=O)C(=O)O. The van der Waals surface area contributed by atoms with Gasteiger partial charge < -0.3 is 15.2 Å². The quantitative estimate of drug-likeness (QED) is 0.357. The van der Waals surface area contributed by atoms with Crippen molar-refractivity contribution < 1.29 is 19.4 Å². The van der Waals surface area contributed by atoms with E-state index in [9.17, 15) is 19.5 Å². The Hall–Kier alpha value is -3.67. The van der Waals surface area contributed by atoms with Gasteiger partial charge in [-0.1, -0.05) is 0 Å². The zero-order valence-corrected chi connectivity index (χ0v) is 19.6. The number of aromatic amines is 1. The molecule has 2 aromatic heterocycles. The maximum absolute atomic E-state index is 12.1. The summed E-state index contributed by atoms with van der Waals surface area (Å²) >= 11 is 1.20. The molecule has 0 radical (unpaired) electrons. The van der Waals surface area contributed by atoms with Gasteiger partial charge in [0.2, 0.25) is 17.8 Å². The summed E-state index contributed by atoms with van der Waals surface area (Å²) in [5, 5.41) is 15.5. The summed E-state index contributed by atoms with van der Waals surface area (Å²) in [6, 6.07) is 2.48. The van der Waals surface area contributed by atoms with Crippen molar-refractivity contribution in [2.24, 2.45) is 0 Å². The number of aryl methyl sites for hydroxylation is 2. The Morgan fingerprint density at radius 2 is 1.91 bits per heavy atom. The molecule has 1 aromatic carbocycles. The summed E-state index contributed by atoms with van der Waals surface area (Å²) in [6.45, 7) is 6.49. The fourth-order valence-corrected chi connectivity index (χ4v) is 4.20. The van der Waals surface area contributed by atoms with Gasteiger partial charge in [-0.15, -0.1) is 11.8 Å². The highest BCUT2D eigenvalue weighted by Gasteiger charge is 2.22. The highest BCUT2D eigenvalue weighted by molar-refractivity contribution is 7.99. The lowest BCUT2D eigenvalue weighted by Gasteiger charge is -2.16. The third-order valence-electron chi connectivity index (χ3n) is 4.89. The van der Waals surface area contributed by atoms with Crippen molar-refractivity contribution in [2.45, 2.75) is 38.6 Å². The lowest BCUT2D eigenvalue weighted by molar-refractivity contribution is -0.140. The van der Waals surface area contributed by atoms with Crippen molar-refractivity contribution in [3.05, 3.63) is 39.4 Å². The van der Waals surface area contributed by atoms with Crippen molar-refractivity contribution in [2.75, 3.05) is 18.2 Å². The summed E-state index contributed by atoms with van der Waals surface area (Å²) in [5.41, 5.74) is 2.03. The van der Waals surface area contributed by atoms with Gasteiger partial charge in [-0.05, 0) is 32.9 Å². The van der Waals surface area contributed by atoms with Gasteiger partial charge in [0, 0.05) is 29.3 Å². The lowest BCUT2D eigenvalue weighted by Crippen LogP contribution is -2.41. The van der Waals surface area contributed by atoms with E-state index < -0.39 is 17.9 Å². The number of hydrogen-bond donors (Lipinski definition) is 4. The molecule has 0 saturated heterocycles. The summed E-state index contributed by atoms with van der Waals surface area (Å²) < 4.78 is 5.47. The summed E-state index contributed by atoms with van der Waals surface area (Å²) in [5.74, 6) is -0.612. The molecule has 0 saturated carbocycles. The Labute approximate surface area is 193 Å². The second-order valence-corrected chi connectivity index (χ2v) is 8.31. The molecule has 0 spiro atoms. The molecule has 33 heavy (non-hydrogen) atoms. The molecule has 0 aliphatic heterocycles. The van der Waals surface area contributed by atoms with Crippen LogP contribution in [0.4, 0.5) is 11.9 Å². The number of aromatic nitrogens is 4. The molecule has 1 atom stereocenters. The van der Waals surface area contributed by atoms with E-state index in [0.717, 1.165) is 5.39 Å². The predicted molar refractivity (Wildman–Crippen MR) is 124 cm³/mol. The number of benzene rings is 1. The molecule has 0 bridgehead atoms. The number of H-pyrrole nitrogens is 1. The number of carboxylic acids is 1. The predicted octanol–water partition coefficient (Wildman–Crippen LogP) is 2.07. The number of nitrogens with zero attached hydrogens (tertiary/aromatic N) is 3. The molecule has 3 rings (SSSR count). The highest BCUT2D eigenvalue weighted by Crippen LogP contribution is 2.37. The van der Waals surface area contributed by atoms with Crippen LogP contribution in [-0.2, 0) is 9.59 Å². The Balaban J connectivity index is 2.04. The van der Waals surface area contributed by atoms with E-state index >= 15 is 0 Å². The fourth-order valence-electron chi connectivity index (χ4n) is 3.06. The fraction of sp³-hybridized carbons (Fsp3) is 0.333. The van der Waals surface area contributed by atoms with E-state index in [1.54, 1.807) is 19.9 Å². The maximum Gasteiger partial charge on any atom is 0.327 e. The van der Waals surface area contributed by atoms with Crippen LogP contribution in [0.3, 0.4) is 0 Å². The molecule has 2 heterocycles. The van der Waals surface area contributed by atoms with Gasteiger partial charge in [0.1, 0.15) is 11.8 Å². The zero-order chi connectivity index (χ0) is 24.3. The number of ether oxygens (including phenoxy) is 1. The average Bonchev–Trinajstić information content (AvgIpc) is 2.74. The second-order valence-electron chi connectivity index (χ2n) is 7.28. The number of carbonyl (C=O) groups excluding carboxylic acids is 1. The van der Waals surface area contributed by atoms with Gasteiger partial charge in [-0.3, -0.25) is 19.9 Å². The van der Waals surface area contributed by atoms with Crippen molar-refractivity contribution in [1.82, 2.24) is 25.3 Å². The van der Waals surface area contributed by atoms with Crippen LogP contribution in [0.15, 0.2) is 21.8 Å².